The molecule has 1 heterocycles. The van der Waals surface area contributed by atoms with Gasteiger partial charge in [-0.05, 0) is 25.1 Å². The summed E-state index contributed by atoms with van der Waals surface area (Å²) in [5.74, 6) is 0. The van der Waals surface area contributed by atoms with E-state index in [1.807, 2.05) is 18.2 Å². The van der Waals surface area contributed by atoms with Gasteiger partial charge in [0, 0.05) is 49.1 Å². The lowest BCUT2D eigenvalue weighted by Gasteiger charge is -2.37. The molecule has 2 aromatic rings. The van der Waals surface area contributed by atoms with Crippen LogP contribution in [-0.2, 0) is 0 Å². The number of nitrogens with zero attached hydrogens (tertiary/aromatic N) is 3. The maximum absolute atomic E-state index is 11.4. The summed E-state index contributed by atoms with van der Waals surface area (Å²) < 4.78 is 0. The van der Waals surface area contributed by atoms with Crippen molar-refractivity contribution in [2.75, 3.05) is 36.0 Å². The lowest BCUT2D eigenvalue weighted by molar-refractivity contribution is -0.385. The van der Waals surface area contributed by atoms with Crippen molar-refractivity contribution < 1.29 is 9.72 Å². The van der Waals surface area contributed by atoms with Gasteiger partial charge in [-0.3, -0.25) is 14.9 Å². The van der Waals surface area contributed by atoms with Crippen LogP contribution in [0.2, 0.25) is 0 Å². The Labute approximate surface area is 140 Å². The van der Waals surface area contributed by atoms with E-state index in [9.17, 15) is 14.9 Å². The number of rotatable bonds is 4. The molecule has 0 unspecified atom stereocenters. The number of aryl methyl sites for hydroxylation is 1. The molecule has 1 saturated heterocycles. The fraction of sp³-hybridized carbons (Fsp3) is 0.278. The molecular formula is C18H19N3O3. The van der Waals surface area contributed by atoms with E-state index in [0.29, 0.717) is 16.8 Å². The van der Waals surface area contributed by atoms with Crippen molar-refractivity contribution in [3.8, 4) is 0 Å². The standard InChI is InChI=1S/C18H19N3O3/c1-14-11-15(13-22)18(12-17(14)21(23)24)20-9-7-19(8-10-20)16-5-3-2-4-6-16/h2-6,11-13H,7-10H2,1H3. The van der Waals surface area contributed by atoms with Crippen LogP contribution in [0.3, 0.4) is 0 Å². The topological polar surface area (TPSA) is 66.7 Å². The minimum absolute atomic E-state index is 0.0566. The third-order valence-corrected chi connectivity index (χ3v) is 4.41. The van der Waals surface area contributed by atoms with Gasteiger partial charge in [-0.15, -0.1) is 0 Å². The molecule has 0 amide bonds. The summed E-state index contributed by atoms with van der Waals surface area (Å²) in [5.41, 5.74) is 2.89. The molecule has 0 N–H and O–H groups in total. The van der Waals surface area contributed by atoms with Gasteiger partial charge in [-0.2, -0.15) is 0 Å². The van der Waals surface area contributed by atoms with E-state index in [4.69, 9.17) is 0 Å². The number of aldehydes is 1. The summed E-state index contributed by atoms with van der Waals surface area (Å²) in [6, 6.07) is 13.3. The van der Waals surface area contributed by atoms with Crippen LogP contribution < -0.4 is 9.80 Å². The summed E-state index contributed by atoms with van der Waals surface area (Å²) in [7, 11) is 0. The molecule has 3 rings (SSSR count). The second kappa shape index (κ2) is 6.70. The van der Waals surface area contributed by atoms with Crippen LogP contribution in [0.5, 0.6) is 0 Å². The molecule has 1 aliphatic heterocycles. The smallest absolute Gasteiger partial charge is 0.274 e. The van der Waals surface area contributed by atoms with Crippen molar-refractivity contribution in [2.45, 2.75) is 6.92 Å². The normalized spacial score (nSPS) is 14.5. The van der Waals surface area contributed by atoms with Crippen molar-refractivity contribution >= 4 is 23.3 Å². The van der Waals surface area contributed by atoms with E-state index < -0.39 is 4.92 Å². The maximum Gasteiger partial charge on any atom is 0.274 e. The van der Waals surface area contributed by atoms with E-state index in [1.54, 1.807) is 13.0 Å². The fourth-order valence-electron chi connectivity index (χ4n) is 3.12. The lowest BCUT2D eigenvalue weighted by Crippen LogP contribution is -2.46. The molecule has 6 nitrogen and oxygen atoms in total. The molecule has 124 valence electrons. The number of hydrogen-bond acceptors (Lipinski definition) is 5. The number of piperazine rings is 1. The van der Waals surface area contributed by atoms with Crippen molar-refractivity contribution in [3.05, 3.63) is 63.7 Å². The molecule has 0 saturated carbocycles. The highest BCUT2D eigenvalue weighted by Crippen LogP contribution is 2.30. The Bertz CT molecular complexity index is 754. The molecule has 24 heavy (non-hydrogen) atoms. The molecule has 0 bridgehead atoms. The summed E-state index contributed by atoms with van der Waals surface area (Å²) >= 11 is 0. The number of benzene rings is 2. The van der Waals surface area contributed by atoms with E-state index in [0.717, 1.165) is 32.5 Å². The van der Waals surface area contributed by atoms with Gasteiger partial charge in [0.15, 0.2) is 6.29 Å². The van der Waals surface area contributed by atoms with Crippen LogP contribution in [0.25, 0.3) is 0 Å². The van der Waals surface area contributed by atoms with E-state index in [-0.39, 0.29) is 5.69 Å². The highest BCUT2D eigenvalue weighted by Gasteiger charge is 2.23. The summed E-state index contributed by atoms with van der Waals surface area (Å²) in [6.45, 7) is 4.71. The first-order chi connectivity index (χ1) is 11.6. The number of carbonyl (C=O) groups excluding carboxylic acids is 1. The number of nitro groups is 1. The monoisotopic (exact) mass is 325 g/mol. The molecule has 0 radical (unpaired) electrons. The molecule has 1 fully saturated rings. The highest BCUT2D eigenvalue weighted by atomic mass is 16.6. The first kappa shape index (κ1) is 16.0. The van der Waals surface area contributed by atoms with Crippen LogP contribution >= 0.6 is 0 Å². The van der Waals surface area contributed by atoms with Crippen LogP contribution in [0, 0.1) is 17.0 Å². The Morgan fingerprint density at radius 1 is 1.04 bits per heavy atom. The van der Waals surface area contributed by atoms with Crippen LogP contribution in [0.1, 0.15) is 15.9 Å². The summed E-state index contributed by atoms with van der Waals surface area (Å²) in [4.78, 5) is 26.5. The molecule has 0 aromatic heterocycles. The zero-order valence-corrected chi connectivity index (χ0v) is 13.5. The van der Waals surface area contributed by atoms with Crippen LogP contribution in [0.4, 0.5) is 17.1 Å². The Morgan fingerprint density at radius 2 is 1.67 bits per heavy atom. The van der Waals surface area contributed by atoms with Crippen molar-refractivity contribution in [3.63, 3.8) is 0 Å². The predicted molar refractivity (Wildman–Crippen MR) is 94.1 cm³/mol. The molecule has 2 aromatic carbocycles. The minimum atomic E-state index is -0.395. The third-order valence-electron chi connectivity index (χ3n) is 4.41. The zero-order chi connectivity index (χ0) is 17.1. The molecular weight excluding hydrogens is 306 g/mol. The first-order valence-electron chi connectivity index (χ1n) is 7.89. The highest BCUT2D eigenvalue weighted by molar-refractivity contribution is 5.86. The lowest BCUT2D eigenvalue weighted by atomic mass is 10.1. The Hall–Kier alpha value is -2.89. The van der Waals surface area contributed by atoms with E-state index in [1.165, 1.54) is 11.8 Å². The Balaban J connectivity index is 1.82. The Morgan fingerprint density at radius 3 is 2.25 bits per heavy atom. The zero-order valence-electron chi connectivity index (χ0n) is 13.5. The largest absolute Gasteiger partial charge is 0.368 e. The van der Waals surface area contributed by atoms with Gasteiger partial charge in [0.05, 0.1) is 10.6 Å². The number of carbonyl (C=O) groups is 1. The average molecular weight is 325 g/mol. The van der Waals surface area contributed by atoms with Crippen molar-refractivity contribution in [1.82, 2.24) is 0 Å². The fourth-order valence-corrected chi connectivity index (χ4v) is 3.12. The first-order valence-corrected chi connectivity index (χ1v) is 7.89. The SMILES string of the molecule is Cc1cc(C=O)c(N2CCN(c3ccccc3)CC2)cc1[N+](=O)[O-]. The average Bonchev–Trinajstić information content (AvgIpc) is 2.62. The molecule has 0 aliphatic carbocycles. The number of hydrogen-bond donors (Lipinski definition) is 0. The maximum atomic E-state index is 11.4. The summed E-state index contributed by atoms with van der Waals surface area (Å²) in [6.07, 6.45) is 0.773. The van der Waals surface area contributed by atoms with Gasteiger partial charge in [-0.25, -0.2) is 0 Å². The summed E-state index contributed by atoms with van der Waals surface area (Å²) in [5, 5.41) is 11.2. The third kappa shape index (κ3) is 3.08. The predicted octanol–water partition coefficient (Wildman–Crippen LogP) is 3.04. The van der Waals surface area contributed by atoms with Gasteiger partial charge >= 0.3 is 0 Å². The second-order valence-electron chi connectivity index (χ2n) is 5.88. The Kier molecular flexibility index (Phi) is 4.46. The van der Waals surface area contributed by atoms with Crippen molar-refractivity contribution in [1.29, 1.82) is 0 Å². The van der Waals surface area contributed by atoms with Crippen LogP contribution in [0.15, 0.2) is 42.5 Å². The number of para-hydroxylation sites is 1. The number of anilines is 2. The molecule has 0 spiro atoms. The quantitative estimate of drug-likeness (QED) is 0.491. The van der Waals surface area contributed by atoms with Crippen molar-refractivity contribution in [2.24, 2.45) is 0 Å². The minimum Gasteiger partial charge on any atom is -0.368 e. The van der Waals surface area contributed by atoms with Gasteiger partial charge in [0.2, 0.25) is 0 Å². The van der Waals surface area contributed by atoms with Crippen LogP contribution in [-0.4, -0.2) is 37.4 Å². The number of nitro benzene ring substituents is 1. The van der Waals surface area contributed by atoms with Gasteiger partial charge in [0.25, 0.3) is 5.69 Å². The van der Waals surface area contributed by atoms with Gasteiger partial charge in [-0.1, -0.05) is 18.2 Å². The van der Waals surface area contributed by atoms with Gasteiger partial charge < -0.3 is 9.80 Å². The second-order valence-corrected chi connectivity index (χ2v) is 5.88. The molecule has 1 aliphatic rings. The molecule has 6 heteroatoms. The van der Waals surface area contributed by atoms with Gasteiger partial charge in [0.1, 0.15) is 0 Å². The van der Waals surface area contributed by atoms with E-state index in [2.05, 4.69) is 21.9 Å². The molecule has 0 atom stereocenters. The van der Waals surface area contributed by atoms with E-state index >= 15 is 0 Å².